The summed E-state index contributed by atoms with van der Waals surface area (Å²) in [7, 11) is 0. The second-order valence-corrected chi connectivity index (χ2v) is 5.96. The van der Waals surface area contributed by atoms with Crippen molar-refractivity contribution in [2.45, 2.75) is 11.7 Å². The van der Waals surface area contributed by atoms with Crippen LogP contribution in [0.1, 0.15) is 10.4 Å². The number of benzene rings is 1. The first-order valence-corrected chi connectivity index (χ1v) is 8.43. The Morgan fingerprint density at radius 1 is 1.12 bits per heavy atom. The zero-order valence-electron chi connectivity index (χ0n) is 13.0. The maximum Gasteiger partial charge on any atom is 0.192 e. The third-order valence-electron chi connectivity index (χ3n) is 3.40. The molecule has 0 radical (unpaired) electrons. The van der Waals surface area contributed by atoms with Gasteiger partial charge >= 0.3 is 0 Å². The minimum atomic E-state index is 0.0687. The van der Waals surface area contributed by atoms with Crippen LogP contribution < -0.4 is 0 Å². The number of nitrogens with zero attached hydrogens (tertiary/aromatic N) is 4. The summed E-state index contributed by atoms with van der Waals surface area (Å²) in [5.74, 6) is 1.13. The summed E-state index contributed by atoms with van der Waals surface area (Å²) in [4.78, 5) is 16.3. The molecule has 3 aromatic rings. The van der Waals surface area contributed by atoms with Gasteiger partial charge in [0, 0.05) is 30.1 Å². The number of hydrogen-bond acceptors (Lipinski definition) is 5. The monoisotopic (exact) mass is 336 g/mol. The van der Waals surface area contributed by atoms with Gasteiger partial charge in [-0.1, -0.05) is 48.2 Å². The highest BCUT2D eigenvalue weighted by atomic mass is 32.2. The molecule has 0 fully saturated rings. The van der Waals surface area contributed by atoms with Gasteiger partial charge in [-0.2, -0.15) is 0 Å². The maximum atomic E-state index is 12.3. The highest BCUT2D eigenvalue weighted by molar-refractivity contribution is 7.99. The average Bonchev–Trinajstić information content (AvgIpc) is 3.04. The van der Waals surface area contributed by atoms with Crippen molar-refractivity contribution in [2.75, 3.05) is 5.75 Å². The van der Waals surface area contributed by atoms with E-state index >= 15 is 0 Å². The van der Waals surface area contributed by atoms with E-state index in [0.29, 0.717) is 23.0 Å². The Hall–Kier alpha value is -2.73. The second-order valence-electron chi connectivity index (χ2n) is 5.02. The summed E-state index contributed by atoms with van der Waals surface area (Å²) >= 11 is 1.38. The molecule has 0 atom stereocenters. The summed E-state index contributed by atoms with van der Waals surface area (Å²) in [5, 5.41) is 9.19. The van der Waals surface area contributed by atoms with E-state index < -0.39 is 0 Å². The van der Waals surface area contributed by atoms with Crippen LogP contribution in [0, 0.1) is 0 Å². The molecule has 0 amide bonds. The molecule has 0 aliphatic rings. The fourth-order valence-corrected chi connectivity index (χ4v) is 3.08. The summed E-state index contributed by atoms with van der Waals surface area (Å²) in [6.07, 6.45) is 5.22. The van der Waals surface area contributed by atoms with Crippen LogP contribution in [0.5, 0.6) is 0 Å². The Morgan fingerprint density at radius 2 is 1.88 bits per heavy atom. The van der Waals surface area contributed by atoms with Crippen LogP contribution in [-0.2, 0) is 6.54 Å². The number of allylic oxidation sites excluding steroid dienone is 1. The molecule has 0 saturated carbocycles. The first-order valence-electron chi connectivity index (χ1n) is 7.45. The standard InChI is InChI=1S/C18H16N4OS/c1-2-12-22-17(15-8-10-19-11-9-15)20-21-18(22)24-13-16(23)14-6-4-3-5-7-14/h2-11H,1,12-13H2. The topological polar surface area (TPSA) is 60.7 Å². The van der Waals surface area contributed by atoms with Gasteiger partial charge in [-0.05, 0) is 12.1 Å². The molecular weight excluding hydrogens is 320 g/mol. The fourth-order valence-electron chi connectivity index (χ4n) is 2.24. The SMILES string of the molecule is C=CCn1c(SCC(=O)c2ccccc2)nnc1-c1ccncc1. The Morgan fingerprint density at radius 3 is 2.58 bits per heavy atom. The number of pyridine rings is 1. The number of carbonyl (C=O) groups excluding carboxylic acids is 1. The van der Waals surface area contributed by atoms with Crippen molar-refractivity contribution in [1.29, 1.82) is 0 Å². The Kier molecular flexibility index (Phi) is 5.18. The van der Waals surface area contributed by atoms with Gasteiger partial charge in [0.1, 0.15) is 0 Å². The number of hydrogen-bond donors (Lipinski definition) is 0. The Bertz CT molecular complexity index is 831. The van der Waals surface area contributed by atoms with Crippen molar-refractivity contribution in [1.82, 2.24) is 19.7 Å². The van der Waals surface area contributed by atoms with Gasteiger partial charge < -0.3 is 0 Å². The molecular formula is C18H16N4OS. The van der Waals surface area contributed by atoms with Crippen LogP contribution >= 0.6 is 11.8 Å². The zero-order chi connectivity index (χ0) is 16.8. The lowest BCUT2D eigenvalue weighted by atomic mass is 10.2. The van der Waals surface area contributed by atoms with Gasteiger partial charge in [-0.25, -0.2) is 0 Å². The molecule has 2 heterocycles. The first kappa shape index (κ1) is 16.1. The van der Waals surface area contributed by atoms with Crippen molar-refractivity contribution in [3.8, 4) is 11.4 Å². The molecule has 0 aliphatic carbocycles. The van der Waals surface area contributed by atoms with E-state index in [2.05, 4.69) is 21.8 Å². The lowest BCUT2D eigenvalue weighted by Gasteiger charge is -2.07. The van der Waals surface area contributed by atoms with Gasteiger partial charge in [0.05, 0.1) is 5.75 Å². The summed E-state index contributed by atoms with van der Waals surface area (Å²) in [6, 6.07) is 13.0. The smallest absolute Gasteiger partial charge is 0.192 e. The molecule has 24 heavy (non-hydrogen) atoms. The van der Waals surface area contributed by atoms with E-state index in [4.69, 9.17) is 0 Å². The molecule has 5 nitrogen and oxygen atoms in total. The highest BCUT2D eigenvalue weighted by Gasteiger charge is 2.15. The van der Waals surface area contributed by atoms with Gasteiger partial charge in [-0.15, -0.1) is 16.8 Å². The number of thioether (sulfide) groups is 1. The summed E-state index contributed by atoms with van der Waals surface area (Å²) < 4.78 is 1.95. The molecule has 2 aromatic heterocycles. The van der Waals surface area contributed by atoms with Crippen LogP contribution in [0.2, 0.25) is 0 Å². The highest BCUT2D eigenvalue weighted by Crippen LogP contribution is 2.24. The van der Waals surface area contributed by atoms with E-state index in [-0.39, 0.29) is 5.78 Å². The van der Waals surface area contributed by atoms with Gasteiger partial charge in [0.15, 0.2) is 16.8 Å². The third-order valence-corrected chi connectivity index (χ3v) is 4.36. The molecule has 0 aliphatic heterocycles. The van der Waals surface area contributed by atoms with Crippen molar-refractivity contribution < 1.29 is 4.79 Å². The van der Waals surface area contributed by atoms with Gasteiger partial charge in [0.2, 0.25) is 0 Å². The van der Waals surface area contributed by atoms with Crippen LogP contribution in [0.25, 0.3) is 11.4 Å². The van der Waals surface area contributed by atoms with Crippen molar-refractivity contribution in [2.24, 2.45) is 0 Å². The van der Waals surface area contributed by atoms with Gasteiger partial charge in [-0.3, -0.25) is 14.3 Å². The molecule has 0 saturated heterocycles. The number of rotatable bonds is 7. The minimum absolute atomic E-state index is 0.0687. The minimum Gasteiger partial charge on any atom is -0.298 e. The number of ketones is 1. The largest absolute Gasteiger partial charge is 0.298 e. The van der Waals surface area contributed by atoms with Crippen molar-refractivity contribution in [3.05, 3.63) is 73.1 Å². The summed E-state index contributed by atoms with van der Waals surface area (Å²) in [5.41, 5.74) is 1.63. The van der Waals surface area contributed by atoms with Crippen molar-refractivity contribution in [3.63, 3.8) is 0 Å². The summed E-state index contributed by atoms with van der Waals surface area (Å²) in [6.45, 7) is 4.37. The van der Waals surface area contributed by atoms with Crippen LogP contribution in [-0.4, -0.2) is 31.3 Å². The quantitative estimate of drug-likeness (QED) is 0.375. The van der Waals surface area contributed by atoms with E-state index in [1.807, 2.05) is 47.0 Å². The fraction of sp³-hybridized carbons (Fsp3) is 0.111. The third kappa shape index (κ3) is 3.60. The normalized spacial score (nSPS) is 10.5. The van der Waals surface area contributed by atoms with E-state index in [1.165, 1.54) is 11.8 Å². The molecule has 0 N–H and O–H groups in total. The lowest BCUT2D eigenvalue weighted by Crippen LogP contribution is -2.05. The van der Waals surface area contributed by atoms with E-state index in [9.17, 15) is 4.79 Å². The Balaban J connectivity index is 1.80. The molecule has 0 spiro atoms. The first-order chi connectivity index (χ1) is 11.8. The number of aromatic nitrogens is 4. The molecule has 6 heteroatoms. The maximum absolute atomic E-state index is 12.3. The molecule has 3 rings (SSSR count). The van der Waals surface area contributed by atoms with Gasteiger partial charge in [0.25, 0.3) is 0 Å². The molecule has 120 valence electrons. The van der Waals surface area contributed by atoms with Crippen molar-refractivity contribution >= 4 is 17.5 Å². The van der Waals surface area contributed by atoms with Crippen LogP contribution in [0.3, 0.4) is 0 Å². The number of Topliss-reactive ketones (excluding diaryl/α,β-unsaturated/α-hetero) is 1. The second kappa shape index (κ2) is 7.70. The van der Waals surface area contributed by atoms with E-state index in [0.717, 1.165) is 11.4 Å². The predicted molar refractivity (Wildman–Crippen MR) is 94.9 cm³/mol. The van der Waals surface area contributed by atoms with Crippen LogP contribution in [0.15, 0.2) is 72.7 Å². The predicted octanol–water partition coefficient (Wildman–Crippen LogP) is 3.50. The number of carbonyl (C=O) groups is 1. The van der Waals surface area contributed by atoms with E-state index in [1.54, 1.807) is 18.5 Å². The zero-order valence-corrected chi connectivity index (χ0v) is 13.8. The molecule has 1 aromatic carbocycles. The molecule has 0 unspecified atom stereocenters. The Labute approximate surface area is 144 Å². The average molecular weight is 336 g/mol. The molecule has 0 bridgehead atoms. The lowest BCUT2D eigenvalue weighted by molar-refractivity contribution is 0.102. The van der Waals surface area contributed by atoms with Crippen LogP contribution in [0.4, 0.5) is 0 Å².